The van der Waals surface area contributed by atoms with Crippen LogP contribution in [0, 0.1) is 0 Å². The highest BCUT2D eigenvalue weighted by Gasteiger charge is 2.41. The molecule has 0 saturated heterocycles. The van der Waals surface area contributed by atoms with E-state index in [0.29, 0.717) is 6.29 Å². The lowest BCUT2D eigenvalue weighted by Crippen LogP contribution is -2.33. The monoisotopic (exact) mass is 400 g/mol. The predicted molar refractivity (Wildman–Crippen MR) is 77.5 cm³/mol. The number of benzene rings is 1. The lowest BCUT2D eigenvalue weighted by Gasteiger charge is -2.17. The molecule has 0 atom stereocenters. The number of ether oxygens (including phenoxy) is 2. The molecule has 0 aliphatic rings. The van der Waals surface area contributed by atoms with Gasteiger partial charge >= 0.3 is 18.5 Å². The molecule has 0 aliphatic heterocycles. The Morgan fingerprint density at radius 2 is 1.56 bits per heavy atom. The summed E-state index contributed by atoms with van der Waals surface area (Å²) >= 11 is 0. The molecule has 1 aromatic carbocycles. The molecule has 2 aromatic rings. The molecule has 0 unspecified atom stereocenters. The number of rotatable bonds is 8. The average Bonchev–Trinajstić information content (AvgIpc) is 3.07. The zero-order valence-corrected chi connectivity index (χ0v) is 13.2. The van der Waals surface area contributed by atoms with Gasteiger partial charge in [0.1, 0.15) is 17.3 Å². The van der Waals surface area contributed by atoms with Crippen molar-refractivity contribution in [3.63, 3.8) is 0 Å². The summed E-state index contributed by atoms with van der Waals surface area (Å²) in [5, 5.41) is 0. The smallest absolute Gasteiger partial charge is 0.422 e. The van der Waals surface area contributed by atoms with E-state index in [0.717, 1.165) is 18.2 Å². The number of alkyl halides is 7. The predicted octanol–water partition coefficient (Wildman–Crippen LogP) is 4.98. The van der Waals surface area contributed by atoms with Crippen molar-refractivity contribution < 1.29 is 49.4 Å². The van der Waals surface area contributed by atoms with E-state index in [9.17, 15) is 35.5 Å². The van der Waals surface area contributed by atoms with E-state index in [2.05, 4.69) is 9.47 Å². The molecular weight excluding hydrogens is 389 g/mol. The number of halogens is 7. The summed E-state index contributed by atoms with van der Waals surface area (Å²) in [7, 11) is 0. The number of hydrogen-bond acceptors (Lipinski definition) is 4. The molecule has 27 heavy (non-hydrogen) atoms. The molecule has 0 bridgehead atoms. The van der Waals surface area contributed by atoms with Gasteiger partial charge in [0, 0.05) is 11.6 Å². The van der Waals surface area contributed by atoms with E-state index in [1.54, 1.807) is 0 Å². The van der Waals surface area contributed by atoms with Gasteiger partial charge in [-0.05, 0) is 24.3 Å². The van der Waals surface area contributed by atoms with E-state index in [4.69, 9.17) is 4.42 Å². The lowest BCUT2D eigenvalue weighted by molar-refractivity contribution is -0.153. The highest BCUT2D eigenvalue weighted by Crippen LogP contribution is 2.33. The first-order valence-corrected chi connectivity index (χ1v) is 7.19. The van der Waals surface area contributed by atoms with E-state index in [-0.39, 0.29) is 17.1 Å². The van der Waals surface area contributed by atoms with Crippen molar-refractivity contribution in [3.8, 4) is 22.8 Å². The minimum Gasteiger partial charge on any atom is -0.487 e. The second kappa shape index (κ2) is 7.89. The van der Waals surface area contributed by atoms with Gasteiger partial charge in [0.25, 0.3) is 0 Å². The summed E-state index contributed by atoms with van der Waals surface area (Å²) in [4.78, 5) is 10.7. The SMILES string of the molecule is O=Cc1ccc(-c2cc(OCC(F)(F)F)cc(OCC(F)(F)C(F)F)c2)o1. The number of furan rings is 1. The third kappa shape index (κ3) is 5.90. The molecule has 0 amide bonds. The van der Waals surface area contributed by atoms with Gasteiger partial charge in [0.15, 0.2) is 25.3 Å². The van der Waals surface area contributed by atoms with Crippen LogP contribution in [0.5, 0.6) is 11.5 Å². The Kier molecular flexibility index (Phi) is 6.01. The molecule has 4 nitrogen and oxygen atoms in total. The van der Waals surface area contributed by atoms with Crippen LogP contribution in [0.15, 0.2) is 34.7 Å². The van der Waals surface area contributed by atoms with Crippen molar-refractivity contribution in [1.29, 1.82) is 0 Å². The van der Waals surface area contributed by atoms with Crippen LogP contribution in [0.25, 0.3) is 11.3 Å². The van der Waals surface area contributed by atoms with Crippen molar-refractivity contribution in [2.45, 2.75) is 18.5 Å². The zero-order valence-electron chi connectivity index (χ0n) is 13.2. The fourth-order valence-electron chi connectivity index (χ4n) is 1.86. The maximum Gasteiger partial charge on any atom is 0.422 e. The first-order chi connectivity index (χ1) is 12.5. The third-order valence-corrected chi connectivity index (χ3v) is 3.06. The molecular formula is C16H11F7O4. The highest BCUT2D eigenvalue weighted by molar-refractivity contribution is 5.73. The van der Waals surface area contributed by atoms with Crippen molar-refractivity contribution in [1.82, 2.24) is 0 Å². The number of hydrogen-bond donors (Lipinski definition) is 0. The lowest BCUT2D eigenvalue weighted by atomic mass is 10.1. The standard InChI is InChI=1S/C16H11F7O4/c17-14(18)15(19,20)7-25-11-3-9(13-2-1-10(6-24)27-13)4-12(5-11)26-8-16(21,22)23/h1-6,14H,7-8H2. The van der Waals surface area contributed by atoms with Crippen molar-refractivity contribution >= 4 is 6.29 Å². The summed E-state index contributed by atoms with van der Waals surface area (Å²) in [6.07, 6.45) is -8.29. The summed E-state index contributed by atoms with van der Waals surface area (Å²) in [5.74, 6) is -5.44. The normalized spacial score (nSPS) is 12.3. The second-order valence-corrected chi connectivity index (χ2v) is 5.27. The van der Waals surface area contributed by atoms with E-state index < -0.39 is 43.2 Å². The molecule has 11 heteroatoms. The van der Waals surface area contributed by atoms with Gasteiger partial charge < -0.3 is 13.9 Å². The second-order valence-electron chi connectivity index (χ2n) is 5.27. The maximum atomic E-state index is 13.0. The van der Waals surface area contributed by atoms with Gasteiger partial charge in [-0.2, -0.15) is 22.0 Å². The maximum absolute atomic E-state index is 13.0. The molecule has 1 heterocycles. The fraction of sp³-hybridized carbons (Fsp3) is 0.312. The van der Waals surface area contributed by atoms with Gasteiger partial charge in [0.05, 0.1) is 0 Å². The van der Waals surface area contributed by atoms with Gasteiger partial charge in [-0.3, -0.25) is 4.79 Å². The van der Waals surface area contributed by atoms with Crippen LogP contribution in [0.1, 0.15) is 10.6 Å². The zero-order chi connectivity index (χ0) is 20.2. The van der Waals surface area contributed by atoms with Gasteiger partial charge in [-0.1, -0.05) is 0 Å². The Labute approximate surface area is 147 Å². The van der Waals surface area contributed by atoms with Crippen molar-refractivity contribution in [2.75, 3.05) is 13.2 Å². The number of carbonyl (C=O) groups excluding carboxylic acids is 1. The number of carbonyl (C=O) groups is 1. The molecule has 1 aromatic heterocycles. The third-order valence-electron chi connectivity index (χ3n) is 3.06. The van der Waals surface area contributed by atoms with Crippen LogP contribution in [0.3, 0.4) is 0 Å². The Hall–Kier alpha value is -2.72. The molecule has 148 valence electrons. The molecule has 2 rings (SSSR count). The molecule has 0 fully saturated rings. The van der Waals surface area contributed by atoms with E-state index >= 15 is 0 Å². The van der Waals surface area contributed by atoms with E-state index in [1.807, 2.05) is 0 Å². The Balaban J connectivity index is 2.30. The van der Waals surface area contributed by atoms with Gasteiger partial charge in [-0.25, -0.2) is 8.78 Å². The number of aldehydes is 1. The minimum atomic E-state index is -4.67. The molecule has 0 aliphatic carbocycles. The summed E-state index contributed by atoms with van der Waals surface area (Å²) in [6, 6.07) is 5.54. The Morgan fingerprint density at radius 1 is 0.963 bits per heavy atom. The van der Waals surface area contributed by atoms with Crippen LogP contribution in [0.4, 0.5) is 30.7 Å². The Morgan fingerprint density at radius 3 is 2.04 bits per heavy atom. The first kappa shape index (κ1) is 20.6. The van der Waals surface area contributed by atoms with Crippen LogP contribution < -0.4 is 9.47 Å². The quantitative estimate of drug-likeness (QED) is 0.463. The summed E-state index contributed by atoms with van der Waals surface area (Å²) in [5.41, 5.74) is 0.0261. The van der Waals surface area contributed by atoms with Gasteiger partial charge in [-0.15, -0.1) is 0 Å². The average molecular weight is 400 g/mol. The molecule has 0 N–H and O–H groups in total. The van der Waals surface area contributed by atoms with Crippen LogP contribution >= 0.6 is 0 Å². The van der Waals surface area contributed by atoms with Gasteiger partial charge in [0.2, 0.25) is 0 Å². The van der Waals surface area contributed by atoms with Crippen LogP contribution in [-0.4, -0.2) is 38.0 Å². The largest absolute Gasteiger partial charge is 0.487 e. The fourth-order valence-corrected chi connectivity index (χ4v) is 1.86. The van der Waals surface area contributed by atoms with Crippen molar-refractivity contribution in [2.24, 2.45) is 0 Å². The summed E-state index contributed by atoms with van der Waals surface area (Å²) < 4.78 is 102. The van der Waals surface area contributed by atoms with E-state index in [1.165, 1.54) is 12.1 Å². The Bertz CT molecular complexity index is 783. The molecule has 0 radical (unpaired) electrons. The summed E-state index contributed by atoms with van der Waals surface area (Å²) in [6.45, 7) is -3.38. The highest BCUT2D eigenvalue weighted by atomic mass is 19.4. The first-order valence-electron chi connectivity index (χ1n) is 7.19. The molecule has 0 spiro atoms. The topological polar surface area (TPSA) is 48.7 Å². The van der Waals surface area contributed by atoms with Crippen molar-refractivity contribution in [3.05, 3.63) is 36.1 Å². The molecule has 0 saturated carbocycles. The van der Waals surface area contributed by atoms with Crippen LogP contribution in [-0.2, 0) is 0 Å². The minimum absolute atomic E-state index is 0.0000264. The van der Waals surface area contributed by atoms with Crippen LogP contribution in [0.2, 0.25) is 0 Å².